The molecular formula is C11H16N2OS. The van der Waals surface area contributed by atoms with Gasteiger partial charge < -0.3 is 10.5 Å². The van der Waals surface area contributed by atoms with Gasteiger partial charge in [-0.1, -0.05) is 25.2 Å². The monoisotopic (exact) mass is 224 g/mol. The number of hydrogen-bond donors (Lipinski definition) is 1. The number of nitrogens with zero attached hydrogens (tertiary/aromatic N) is 1. The molecule has 0 saturated carbocycles. The van der Waals surface area contributed by atoms with E-state index in [0.717, 1.165) is 12.0 Å². The van der Waals surface area contributed by atoms with Crippen molar-refractivity contribution in [3.05, 3.63) is 29.6 Å². The van der Waals surface area contributed by atoms with Crippen molar-refractivity contribution in [2.45, 2.75) is 33.0 Å². The van der Waals surface area contributed by atoms with Crippen molar-refractivity contribution in [2.24, 2.45) is 5.73 Å². The van der Waals surface area contributed by atoms with Crippen LogP contribution in [0.3, 0.4) is 0 Å². The van der Waals surface area contributed by atoms with Gasteiger partial charge in [-0.15, -0.1) is 0 Å². The molecule has 0 fully saturated rings. The third-order valence-electron chi connectivity index (χ3n) is 2.22. The summed E-state index contributed by atoms with van der Waals surface area (Å²) in [6.07, 6.45) is 2.91. The first-order valence-electron chi connectivity index (χ1n) is 5.00. The topological polar surface area (TPSA) is 48.1 Å². The van der Waals surface area contributed by atoms with Crippen molar-refractivity contribution >= 4 is 17.2 Å². The van der Waals surface area contributed by atoms with Crippen LogP contribution >= 0.6 is 12.2 Å². The van der Waals surface area contributed by atoms with Gasteiger partial charge in [0.05, 0.1) is 12.7 Å². The number of rotatable bonds is 5. The second-order valence-electron chi connectivity index (χ2n) is 3.41. The van der Waals surface area contributed by atoms with Gasteiger partial charge in [-0.05, 0) is 19.4 Å². The highest BCUT2D eigenvalue weighted by molar-refractivity contribution is 7.80. The second-order valence-corrected chi connectivity index (χ2v) is 3.85. The highest BCUT2D eigenvalue weighted by atomic mass is 32.1. The van der Waals surface area contributed by atoms with Crippen LogP contribution in [-0.2, 0) is 11.3 Å². The Bertz CT molecular complexity index is 341. The summed E-state index contributed by atoms with van der Waals surface area (Å²) >= 11 is 4.92. The highest BCUT2D eigenvalue weighted by Gasteiger charge is 2.07. The van der Waals surface area contributed by atoms with Crippen molar-refractivity contribution in [3.63, 3.8) is 0 Å². The second kappa shape index (κ2) is 5.78. The lowest BCUT2D eigenvalue weighted by Crippen LogP contribution is -2.16. The largest absolute Gasteiger partial charge is 0.388 e. The fourth-order valence-electron chi connectivity index (χ4n) is 1.13. The van der Waals surface area contributed by atoms with Crippen LogP contribution in [-0.4, -0.2) is 16.1 Å². The van der Waals surface area contributed by atoms with E-state index >= 15 is 0 Å². The lowest BCUT2D eigenvalue weighted by molar-refractivity contribution is 0.0506. The number of aromatic nitrogens is 1. The SMILES string of the molecule is CCC(C)OCc1cccnc1C(N)=S. The van der Waals surface area contributed by atoms with Gasteiger partial charge in [0.2, 0.25) is 0 Å². The molecule has 0 bridgehead atoms. The van der Waals surface area contributed by atoms with Gasteiger partial charge in [0, 0.05) is 11.8 Å². The zero-order valence-electron chi connectivity index (χ0n) is 9.06. The average Bonchev–Trinajstić information content (AvgIpc) is 2.26. The van der Waals surface area contributed by atoms with E-state index in [1.807, 2.05) is 19.1 Å². The summed E-state index contributed by atoms with van der Waals surface area (Å²) in [6.45, 7) is 4.63. The quantitative estimate of drug-likeness (QED) is 0.777. The molecule has 1 aromatic rings. The van der Waals surface area contributed by atoms with Crippen LogP contribution in [0.1, 0.15) is 31.5 Å². The van der Waals surface area contributed by atoms with Gasteiger partial charge >= 0.3 is 0 Å². The molecule has 0 aliphatic heterocycles. The minimum Gasteiger partial charge on any atom is -0.388 e. The highest BCUT2D eigenvalue weighted by Crippen LogP contribution is 2.09. The summed E-state index contributed by atoms with van der Waals surface area (Å²) in [5, 5.41) is 0. The van der Waals surface area contributed by atoms with E-state index in [-0.39, 0.29) is 6.10 Å². The fourth-order valence-corrected chi connectivity index (χ4v) is 1.31. The summed E-state index contributed by atoms with van der Waals surface area (Å²) in [7, 11) is 0. The molecule has 0 radical (unpaired) electrons. The smallest absolute Gasteiger partial charge is 0.123 e. The molecule has 0 spiro atoms. The lowest BCUT2D eigenvalue weighted by atomic mass is 10.2. The molecular weight excluding hydrogens is 208 g/mol. The molecule has 15 heavy (non-hydrogen) atoms. The van der Waals surface area contributed by atoms with Crippen LogP contribution in [0.25, 0.3) is 0 Å². The normalized spacial score (nSPS) is 12.4. The summed E-state index contributed by atoms with van der Waals surface area (Å²) in [5.74, 6) is 0. The van der Waals surface area contributed by atoms with Gasteiger partial charge in [0.25, 0.3) is 0 Å². The van der Waals surface area contributed by atoms with Crippen LogP contribution in [0, 0.1) is 0 Å². The van der Waals surface area contributed by atoms with E-state index < -0.39 is 0 Å². The first-order valence-corrected chi connectivity index (χ1v) is 5.41. The Labute approximate surface area is 95.7 Å². The predicted octanol–water partition coefficient (Wildman–Crippen LogP) is 2.03. The van der Waals surface area contributed by atoms with Crippen LogP contribution in [0.15, 0.2) is 18.3 Å². The molecule has 82 valence electrons. The predicted molar refractivity (Wildman–Crippen MR) is 64.7 cm³/mol. The molecule has 0 aliphatic carbocycles. The van der Waals surface area contributed by atoms with Gasteiger partial charge in [-0.25, -0.2) is 0 Å². The molecule has 4 heteroatoms. The molecule has 0 aliphatic rings. The Hall–Kier alpha value is -1.00. The van der Waals surface area contributed by atoms with Gasteiger partial charge in [-0.2, -0.15) is 0 Å². The van der Waals surface area contributed by atoms with Crippen LogP contribution in [0.2, 0.25) is 0 Å². The molecule has 1 rings (SSSR count). The van der Waals surface area contributed by atoms with Crippen molar-refractivity contribution in [3.8, 4) is 0 Å². The Kier molecular flexibility index (Phi) is 4.65. The Morgan fingerprint density at radius 3 is 3.00 bits per heavy atom. The van der Waals surface area contributed by atoms with E-state index in [1.165, 1.54) is 0 Å². The first kappa shape index (κ1) is 12.1. The van der Waals surface area contributed by atoms with Crippen LogP contribution in [0.5, 0.6) is 0 Å². The van der Waals surface area contributed by atoms with E-state index in [1.54, 1.807) is 6.20 Å². The summed E-state index contributed by atoms with van der Waals surface area (Å²) in [4.78, 5) is 4.45. The molecule has 0 saturated heterocycles. The maximum Gasteiger partial charge on any atom is 0.123 e. The van der Waals surface area contributed by atoms with E-state index in [0.29, 0.717) is 17.3 Å². The maximum absolute atomic E-state index is 5.61. The van der Waals surface area contributed by atoms with Gasteiger partial charge in [-0.3, -0.25) is 4.98 Å². The molecule has 2 N–H and O–H groups in total. The zero-order valence-corrected chi connectivity index (χ0v) is 9.88. The summed E-state index contributed by atoms with van der Waals surface area (Å²) < 4.78 is 5.61. The Morgan fingerprint density at radius 1 is 1.67 bits per heavy atom. The minimum atomic E-state index is 0.240. The summed E-state index contributed by atoms with van der Waals surface area (Å²) in [6, 6.07) is 3.79. The van der Waals surface area contributed by atoms with Crippen molar-refractivity contribution in [1.82, 2.24) is 4.98 Å². The fraction of sp³-hybridized carbons (Fsp3) is 0.455. The van der Waals surface area contributed by atoms with Crippen molar-refractivity contribution in [1.29, 1.82) is 0 Å². The molecule has 3 nitrogen and oxygen atoms in total. The molecule has 1 atom stereocenters. The number of ether oxygens (including phenoxy) is 1. The van der Waals surface area contributed by atoms with Crippen LogP contribution < -0.4 is 5.73 Å². The number of pyridine rings is 1. The third kappa shape index (κ3) is 3.57. The maximum atomic E-state index is 5.61. The van der Waals surface area contributed by atoms with E-state index in [2.05, 4.69) is 11.9 Å². The summed E-state index contributed by atoms with van der Waals surface area (Å²) in [5.41, 5.74) is 7.18. The van der Waals surface area contributed by atoms with Crippen LogP contribution in [0.4, 0.5) is 0 Å². The van der Waals surface area contributed by atoms with E-state index in [9.17, 15) is 0 Å². The minimum absolute atomic E-state index is 0.240. The van der Waals surface area contributed by atoms with Gasteiger partial charge in [0.1, 0.15) is 10.7 Å². The molecule has 1 aromatic heterocycles. The molecule has 0 aromatic carbocycles. The van der Waals surface area contributed by atoms with Crippen molar-refractivity contribution in [2.75, 3.05) is 0 Å². The Balaban J connectivity index is 2.72. The van der Waals surface area contributed by atoms with E-state index in [4.69, 9.17) is 22.7 Å². The first-order chi connectivity index (χ1) is 7.15. The zero-order chi connectivity index (χ0) is 11.3. The standard InChI is InChI=1S/C11H16N2OS/c1-3-8(2)14-7-9-5-4-6-13-10(9)11(12)15/h4-6,8H,3,7H2,1-2H3,(H2,12,15). The number of nitrogens with two attached hydrogens (primary N) is 1. The molecule has 1 heterocycles. The molecule has 0 amide bonds. The lowest BCUT2D eigenvalue weighted by Gasteiger charge is -2.12. The Morgan fingerprint density at radius 2 is 2.40 bits per heavy atom. The molecule has 1 unspecified atom stereocenters. The third-order valence-corrected chi connectivity index (χ3v) is 2.42. The number of hydrogen-bond acceptors (Lipinski definition) is 3. The number of thiocarbonyl (C=S) groups is 1. The average molecular weight is 224 g/mol. The van der Waals surface area contributed by atoms with Gasteiger partial charge in [0.15, 0.2) is 0 Å². The van der Waals surface area contributed by atoms with Crippen molar-refractivity contribution < 1.29 is 4.74 Å².